The number of ether oxygens (including phenoxy) is 1. The molecule has 0 aromatic carbocycles. The zero-order valence-corrected chi connectivity index (χ0v) is 10.5. The molecule has 2 aliphatic heterocycles. The van der Waals surface area contributed by atoms with Crippen LogP contribution in [0.2, 0.25) is 0 Å². The van der Waals surface area contributed by atoms with E-state index in [0.29, 0.717) is 6.10 Å². The van der Waals surface area contributed by atoms with Crippen molar-refractivity contribution < 1.29 is 4.74 Å². The topological polar surface area (TPSA) is 12.5 Å². The van der Waals surface area contributed by atoms with Crippen molar-refractivity contribution in [3.05, 3.63) is 12.2 Å². The molecule has 0 spiro atoms. The van der Waals surface area contributed by atoms with Crippen molar-refractivity contribution in [2.75, 3.05) is 20.2 Å². The fourth-order valence-corrected chi connectivity index (χ4v) is 3.60. The molecule has 2 aliphatic rings. The van der Waals surface area contributed by atoms with Crippen LogP contribution in [0.15, 0.2) is 12.2 Å². The van der Waals surface area contributed by atoms with E-state index in [-0.39, 0.29) is 11.0 Å². The molecule has 2 heterocycles. The SMILES string of the molecule is C=C1CN2CCC(OC)C2(C(C)(C)C)C1. The van der Waals surface area contributed by atoms with Gasteiger partial charge in [0.15, 0.2) is 0 Å². The van der Waals surface area contributed by atoms with Crippen molar-refractivity contribution in [2.24, 2.45) is 5.41 Å². The highest BCUT2D eigenvalue weighted by atomic mass is 16.5. The lowest BCUT2D eigenvalue weighted by Crippen LogP contribution is -2.56. The van der Waals surface area contributed by atoms with Gasteiger partial charge in [-0.05, 0) is 18.3 Å². The quantitative estimate of drug-likeness (QED) is 0.615. The molecule has 0 bridgehead atoms. The summed E-state index contributed by atoms with van der Waals surface area (Å²) in [4.78, 5) is 2.59. The molecule has 2 saturated heterocycles. The molecule has 0 aliphatic carbocycles. The Balaban J connectivity index is 2.40. The van der Waals surface area contributed by atoms with Gasteiger partial charge in [0.05, 0.1) is 11.6 Å². The molecule has 2 fully saturated rings. The van der Waals surface area contributed by atoms with Crippen molar-refractivity contribution in [3.63, 3.8) is 0 Å². The highest BCUT2D eigenvalue weighted by Crippen LogP contribution is 2.52. The molecule has 2 rings (SSSR count). The lowest BCUT2D eigenvalue weighted by molar-refractivity contribution is -0.0474. The summed E-state index contributed by atoms with van der Waals surface area (Å²) < 4.78 is 5.72. The van der Waals surface area contributed by atoms with Crippen molar-refractivity contribution in [3.8, 4) is 0 Å². The molecule has 0 aromatic heterocycles. The minimum atomic E-state index is 0.193. The van der Waals surface area contributed by atoms with Crippen molar-refractivity contribution in [2.45, 2.75) is 45.3 Å². The van der Waals surface area contributed by atoms with E-state index in [1.165, 1.54) is 12.0 Å². The first-order valence-corrected chi connectivity index (χ1v) is 5.86. The smallest absolute Gasteiger partial charge is 0.0775 e. The molecule has 2 heteroatoms. The Bertz CT molecular complexity index is 279. The van der Waals surface area contributed by atoms with Crippen LogP contribution in [0.5, 0.6) is 0 Å². The second kappa shape index (κ2) is 3.33. The molecule has 0 saturated carbocycles. The predicted octanol–water partition coefficient (Wildman–Crippen LogP) is 2.45. The summed E-state index contributed by atoms with van der Waals surface area (Å²) in [5.74, 6) is 0. The molecule has 2 unspecified atom stereocenters. The standard InChI is InChI=1S/C13H23NO/c1-10-8-13(12(2,3)4)11(15-5)6-7-14(13)9-10/h11H,1,6-9H2,2-5H3. The summed E-state index contributed by atoms with van der Waals surface area (Å²) in [6.07, 6.45) is 2.65. The summed E-state index contributed by atoms with van der Waals surface area (Å²) in [5, 5.41) is 0. The molecule has 0 aromatic rings. The number of fused-ring (bicyclic) bond motifs is 1. The van der Waals surface area contributed by atoms with Gasteiger partial charge >= 0.3 is 0 Å². The highest BCUT2D eigenvalue weighted by Gasteiger charge is 2.58. The lowest BCUT2D eigenvalue weighted by atomic mass is 9.69. The van der Waals surface area contributed by atoms with Gasteiger partial charge in [0.2, 0.25) is 0 Å². The summed E-state index contributed by atoms with van der Waals surface area (Å²) in [6.45, 7) is 13.4. The molecular weight excluding hydrogens is 186 g/mol. The molecule has 0 radical (unpaired) electrons. The molecule has 86 valence electrons. The van der Waals surface area contributed by atoms with E-state index in [4.69, 9.17) is 4.74 Å². The molecule has 15 heavy (non-hydrogen) atoms. The zero-order chi connectivity index (χ0) is 11.3. The average molecular weight is 209 g/mol. The van der Waals surface area contributed by atoms with E-state index in [1.54, 1.807) is 0 Å². The second-order valence-corrected chi connectivity index (χ2v) is 6.04. The van der Waals surface area contributed by atoms with Crippen LogP contribution in [-0.2, 0) is 4.74 Å². The van der Waals surface area contributed by atoms with Crippen LogP contribution in [0.3, 0.4) is 0 Å². The van der Waals surface area contributed by atoms with Gasteiger partial charge in [-0.2, -0.15) is 0 Å². The Morgan fingerprint density at radius 1 is 1.47 bits per heavy atom. The van der Waals surface area contributed by atoms with Crippen LogP contribution in [-0.4, -0.2) is 36.7 Å². The van der Waals surface area contributed by atoms with Crippen LogP contribution in [0.25, 0.3) is 0 Å². The van der Waals surface area contributed by atoms with Gasteiger partial charge in [-0.25, -0.2) is 0 Å². The van der Waals surface area contributed by atoms with E-state index in [1.807, 2.05) is 7.11 Å². The van der Waals surface area contributed by atoms with E-state index < -0.39 is 0 Å². The van der Waals surface area contributed by atoms with E-state index in [9.17, 15) is 0 Å². The average Bonchev–Trinajstić information content (AvgIpc) is 2.57. The van der Waals surface area contributed by atoms with Gasteiger partial charge in [-0.15, -0.1) is 0 Å². The van der Waals surface area contributed by atoms with Crippen LogP contribution in [0, 0.1) is 5.41 Å². The van der Waals surface area contributed by atoms with Crippen LogP contribution in [0.1, 0.15) is 33.6 Å². The molecule has 2 nitrogen and oxygen atoms in total. The summed E-state index contributed by atoms with van der Waals surface area (Å²) in [7, 11) is 1.85. The third kappa shape index (κ3) is 1.38. The normalized spacial score (nSPS) is 37.3. The lowest BCUT2D eigenvalue weighted by Gasteiger charge is -2.47. The van der Waals surface area contributed by atoms with Crippen LogP contribution >= 0.6 is 0 Å². The second-order valence-electron chi connectivity index (χ2n) is 6.04. The fourth-order valence-electron chi connectivity index (χ4n) is 3.60. The fraction of sp³-hybridized carbons (Fsp3) is 0.846. The minimum absolute atomic E-state index is 0.193. The maximum atomic E-state index is 5.72. The highest BCUT2D eigenvalue weighted by molar-refractivity contribution is 5.24. The van der Waals surface area contributed by atoms with Gasteiger partial charge in [0, 0.05) is 20.2 Å². The van der Waals surface area contributed by atoms with Crippen LogP contribution < -0.4 is 0 Å². The molecular formula is C13H23NO. The number of methoxy groups -OCH3 is 1. The first kappa shape index (κ1) is 11.2. The van der Waals surface area contributed by atoms with Crippen LogP contribution in [0.4, 0.5) is 0 Å². The minimum Gasteiger partial charge on any atom is -0.379 e. The largest absolute Gasteiger partial charge is 0.379 e. The Kier molecular flexibility index (Phi) is 2.47. The molecule has 2 atom stereocenters. The van der Waals surface area contributed by atoms with Crippen molar-refractivity contribution in [1.82, 2.24) is 4.90 Å². The third-order valence-electron chi connectivity index (χ3n) is 4.28. The number of hydrogen-bond donors (Lipinski definition) is 0. The van der Waals surface area contributed by atoms with E-state index in [2.05, 4.69) is 32.3 Å². The Hall–Kier alpha value is -0.340. The number of hydrogen-bond acceptors (Lipinski definition) is 2. The molecule has 0 amide bonds. The van der Waals surface area contributed by atoms with Gasteiger partial charge < -0.3 is 4.74 Å². The Labute approximate surface area is 93.3 Å². The van der Waals surface area contributed by atoms with E-state index >= 15 is 0 Å². The summed E-state index contributed by atoms with van der Waals surface area (Å²) in [6, 6.07) is 0. The third-order valence-corrected chi connectivity index (χ3v) is 4.28. The van der Waals surface area contributed by atoms with Gasteiger partial charge in [-0.1, -0.05) is 32.9 Å². The van der Waals surface area contributed by atoms with Gasteiger partial charge in [0.1, 0.15) is 0 Å². The number of rotatable bonds is 1. The Morgan fingerprint density at radius 2 is 2.13 bits per heavy atom. The summed E-state index contributed by atoms with van der Waals surface area (Å²) >= 11 is 0. The van der Waals surface area contributed by atoms with Gasteiger partial charge in [-0.3, -0.25) is 4.90 Å². The van der Waals surface area contributed by atoms with Crippen molar-refractivity contribution >= 4 is 0 Å². The molecule has 0 N–H and O–H groups in total. The van der Waals surface area contributed by atoms with Crippen molar-refractivity contribution in [1.29, 1.82) is 0 Å². The predicted molar refractivity (Wildman–Crippen MR) is 62.9 cm³/mol. The van der Waals surface area contributed by atoms with Gasteiger partial charge in [0.25, 0.3) is 0 Å². The Morgan fingerprint density at radius 3 is 2.67 bits per heavy atom. The first-order chi connectivity index (χ1) is 6.91. The monoisotopic (exact) mass is 209 g/mol. The summed E-state index contributed by atoms with van der Waals surface area (Å²) in [5.41, 5.74) is 1.81. The zero-order valence-electron chi connectivity index (χ0n) is 10.5. The first-order valence-electron chi connectivity index (χ1n) is 5.86. The number of nitrogens with zero attached hydrogens (tertiary/aromatic N) is 1. The maximum absolute atomic E-state index is 5.72. The maximum Gasteiger partial charge on any atom is 0.0775 e. The van der Waals surface area contributed by atoms with E-state index in [0.717, 1.165) is 19.5 Å².